The smallest absolute Gasteiger partial charge is 0.222 e. The minimum Gasteiger partial charge on any atom is -0.371 e. The Hall–Kier alpha value is -2.37. The number of imidazole rings is 1. The molecule has 2 fully saturated rings. The zero-order valence-electron chi connectivity index (χ0n) is 15.4. The predicted molar refractivity (Wildman–Crippen MR) is 101 cm³/mol. The highest BCUT2D eigenvalue weighted by Gasteiger charge is 2.41. The van der Waals surface area contributed by atoms with Crippen molar-refractivity contribution in [2.24, 2.45) is 5.41 Å². The molecule has 4 heterocycles. The van der Waals surface area contributed by atoms with Gasteiger partial charge in [-0.15, -0.1) is 0 Å². The van der Waals surface area contributed by atoms with E-state index in [-0.39, 0.29) is 5.41 Å². The third-order valence-corrected chi connectivity index (χ3v) is 5.86. The van der Waals surface area contributed by atoms with Crippen molar-refractivity contribution in [1.29, 1.82) is 0 Å². The maximum atomic E-state index is 12.5. The molecule has 2 saturated heterocycles. The van der Waals surface area contributed by atoms with Gasteiger partial charge in [-0.1, -0.05) is 0 Å². The molecule has 1 atom stereocenters. The Bertz CT molecular complexity index is 759. The van der Waals surface area contributed by atoms with Gasteiger partial charge in [0.1, 0.15) is 0 Å². The molecule has 1 N–H and O–H groups in total. The number of likely N-dealkylation sites (tertiary alicyclic amines) is 1. The molecule has 2 aliphatic rings. The van der Waals surface area contributed by atoms with Crippen LogP contribution in [0.25, 0.3) is 0 Å². The zero-order chi connectivity index (χ0) is 18.0. The van der Waals surface area contributed by atoms with E-state index >= 15 is 0 Å². The number of carbonyl (C=O) groups is 1. The molecule has 0 unspecified atom stereocenters. The number of piperidine rings is 2. The molecule has 0 bridgehead atoms. The van der Waals surface area contributed by atoms with Gasteiger partial charge in [-0.2, -0.15) is 0 Å². The minimum atomic E-state index is 0.220. The van der Waals surface area contributed by atoms with Crippen LogP contribution in [-0.2, 0) is 11.2 Å². The van der Waals surface area contributed by atoms with Gasteiger partial charge in [0.2, 0.25) is 5.91 Å². The molecule has 1 amide bonds. The molecular formula is C20H27N5O. The van der Waals surface area contributed by atoms with Crippen LogP contribution >= 0.6 is 0 Å². The quantitative estimate of drug-likeness (QED) is 0.917. The fraction of sp³-hybridized carbons (Fsp3) is 0.550. The molecule has 6 nitrogen and oxygen atoms in total. The molecule has 0 saturated carbocycles. The molecule has 1 spiro atoms. The normalized spacial score (nSPS) is 23.7. The lowest BCUT2D eigenvalue weighted by Crippen LogP contribution is -2.54. The zero-order valence-corrected chi connectivity index (χ0v) is 15.4. The summed E-state index contributed by atoms with van der Waals surface area (Å²) in [7, 11) is 0. The summed E-state index contributed by atoms with van der Waals surface area (Å²) in [5, 5.41) is 0. The SMILES string of the molecule is Cc1cc(N2CCC[C@@]3(CCC(=O)N(CCc4cnc[nH]4)C3)C2)ccn1. The molecule has 4 rings (SSSR count). The van der Waals surface area contributed by atoms with Crippen LogP contribution in [0.5, 0.6) is 0 Å². The van der Waals surface area contributed by atoms with Crippen molar-refractivity contribution in [1.82, 2.24) is 19.9 Å². The summed E-state index contributed by atoms with van der Waals surface area (Å²) in [4.78, 5) is 28.5. The average Bonchev–Trinajstić information content (AvgIpc) is 3.17. The number of pyridine rings is 1. The maximum absolute atomic E-state index is 12.5. The fourth-order valence-electron chi connectivity index (χ4n) is 4.47. The van der Waals surface area contributed by atoms with Crippen LogP contribution in [0, 0.1) is 12.3 Å². The number of nitrogens with zero attached hydrogens (tertiary/aromatic N) is 4. The third-order valence-electron chi connectivity index (χ3n) is 5.86. The number of aryl methyl sites for hydroxylation is 1. The van der Waals surface area contributed by atoms with E-state index in [1.165, 1.54) is 18.5 Å². The van der Waals surface area contributed by atoms with E-state index in [0.717, 1.165) is 50.4 Å². The standard InChI is InChI=1S/C20H27N5O/c1-16-11-18(4-8-22-16)24-9-2-6-20(13-24)7-3-19(26)25(14-20)10-5-17-12-21-15-23-17/h4,8,11-12,15H,2-3,5-7,9-10,13-14H2,1H3,(H,21,23)/t20-/m1/s1. The first-order valence-electron chi connectivity index (χ1n) is 9.56. The maximum Gasteiger partial charge on any atom is 0.222 e. The molecule has 2 aromatic rings. The van der Waals surface area contributed by atoms with Crippen molar-refractivity contribution >= 4 is 11.6 Å². The van der Waals surface area contributed by atoms with Gasteiger partial charge in [0, 0.05) is 73.9 Å². The lowest BCUT2D eigenvalue weighted by molar-refractivity contribution is -0.137. The van der Waals surface area contributed by atoms with E-state index < -0.39 is 0 Å². The number of anilines is 1. The minimum absolute atomic E-state index is 0.220. The lowest BCUT2D eigenvalue weighted by atomic mass is 9.73. The monoisotopic (exact) mass is 353 g/mol. The molecule has 6 heteroatoms. The number of hydrogen-bond donors (Lipinski definition) is 1. The Morgan fingerprint density at radius 2 is 2.23 bits per heavy atom. The van der Waals surface area contributed by atoms with E-state index in [9.17, 15) is 4.79 Å². The van der Waals surface area contributed by atoms with Gasteiger partial charge in [0.05, 0.1) is 6.33 Å². The van der Waals surface area contributed by atoms with E-state index in [2.05, 4.69) is 36.9 Å². The van der Waals surface area contributed by atoms with Gasteiger partial charge in [-0.05, 0) is 38.3 Å². The highest BCUT2D eigenvalue weighted by Crippen LogP contribution is 2.40. The molecule has 2 aliphatic heterocycles. The Balaban J connectivity index is 1.45. The number of aromatic amines is 1. The first kappa shape index (κ1) is 17.1. The van der Waals surface area contributed by atoms with Crippen molar-refractivity contribution in [3.8, 4) is 0 Å². The molecule has 0 aromatic carbocycles. The summed E-state index contributed by atoms with van der Waals surface area (Å²) in [6.45, 7) is 5.81. The van der Waals surface area contributed by atoms with Gasteiger partial charge < -0.3 is 14.8 Å². The topological polar surface area (TPSA) is 65.1 Å². The second-order valence-electron chi connectivity index (χ2n) is 7.82. The largest absolute Gasteiger partial charge is 0.371 e. The van der Waals surface area contributed by atoms with Crippen molar-refractivity contribution in [3.63, 3.8) is 0 Å². The first-order chi connectivity index (χ1) is 12.6. The molecular weight excluding hydrogens is 326 g/mol. The molecule has 0 radical (unpaired) electrons. The van der Waals surface area contributed by atoms with Crippen LogP contribution in [0.1, 0.15) is 37.1 Å². The van der Waals surface area contributed by atoms with E-state index in [0.29, 0.717) is 12.3 Å². The molecule has 138 valence electrons. The molecule has 0 aliphatic carbocycles. The van der Waals surface area contributed by atoms with E-state index in [4.69, 9.17) is 0 Å². The number of carbonyl (C=O) groups excluding carboxylic acids is 1. The van der Waals surface area contributed by atoms with Crippen LogP contribution in [0.3, 0.4) is 0 Å². The number of hydrogen-bond acceptors (Lipinski definition) is 4. The summed E-state index contributed by atoms with van der Waals surface area (Å²) in [6.07, 6.45) is 10.4. The highest BCUT2D eigenvalue weighted by atomic mass is 16.2. The highest BCUT2D eigenvalue weighted by molar-refractivity contribution is 5.77. The van der Waals surface area contributed by atoms with Gasteiger partial charge in [0.15, 0.2) is 0 Å². The second kappa shape index (κ2) is 7.09. The summed E-state index contributed by atoms with van der Waals surface area (Å²) in [6, 6.07) is 4.28. The summed E-state index contributed by atoms with van der Waals surface area (Å²) >= 11 is 0. The van der Waals surface area contributed by atoms with Crippen LogP contribution in [0.2, 0.25) is 0 Å². The number of rotatable bonds is 4. The van der Waals surface area contributed by atoms with Gasteiger partial charge in [0.25, 0.3) is 0 Å². The van der Waals surface area contributed by atoms with Crippen molar-refractivity contribution < 1.29 is 4.79 Å². The van der Waals surface area contributed by atoms with Crippen LogP contribution in [-0.4, -0.2) is 51.9 Å². The van der Waals surface area contributed by atoms with Gasteiger partial charge in [-0.25, -0.2) is 4.98 Å². The summed E-state index contributed by atoms with van der Waals surface area (Å²) in [5.74, 6) is 0.298. The Morgan fingerprint density at radius 1 is 1.31 bits per heavy atom. The van der Waals surface area contributed by atoms with Gasteiger partial charge >= 0.3 is 0 Å². The Morgan fingerprint density at radius 3 is 3.04 bits per heavy atom. The van der Waals surface area contributed by atoms with E-state index in [1.54, 1.807) is 6.33 Å². The fourth-order valence-corrected chi connectivity index (χ4v) is 4.47. The third kappa shape index (κ3) is 3.59. The van der Waals surface area contributed by atoms with Crippen LogP contribution in [0.4, 0.5) is 5.69 Å². The number of nitrogens with one attached hydrogen (secondary N) is 1. The first-order valence-corrected chi connectivity index (χ1v) is 9.56. The average molecular weight is 353 g/mol. The van der Waals surface area contributed by atoms with Gasteiger partial charge in [-0.3, -0.25) is 9.78 Å². The predicted octanol–water partition coefficient (Wildman–Crippen LogP) is 2.56. The Labute approximate surface area is 154 Å². The summed E-state index contributed by atoms with van der Waals surface area (Å²) in [5.41, 5.74) is 3.63. The summed E-state index contributed by atoms with van der Waals surface area (Å²) < 4.78 is 0. The Kier molecular flexibility index (Phi) is 4.66. The van der Waals surface area contributed by atoms with Crippen LogP contribution in [0.15, 0.2) is 30.9 Å². The number of amides is 1. The second-order valence-corrected chi connectivity index (χ2v) is 7.82. The number of H-pyrrole nitrogens is 1. The van der Waals surface area contributed by atoms with Crippen molar-refractivity contribution in [2.75, 3.05) is 31.1 Å². The van der Waals surface area contributed by atoms with Crippen LogP contribution < -0.4 is 4.90 Å². The van der Waals surface area contributed by atoms with Crippen molar-refractivity contribution in [2.45, 2.75) is 39.0 Å². The lowest BCUT2D eigenvalue weighted by Gasteiger charge is -2.49. The van der Waals surface area contributed by atoms with E-state index in [1.807, 2.05) is 19.3 Å². The number of aromatic nitrogens is 3. The molecule has 2 aromatic heterocycles. The molecule has 26 heavy (non-hydrogen) atoms. The van der Waals surface area contributed by atoms with Crippen molar-refractivity contribution in [3.05, 3.63) is 42.2 Å².